The molecule has 0 saturated heterocycles. The molecule has 0 saturated carbocycles. The number of carbonyl (C=O) groups excluding carboxylic acids is 1. The van der Waals surface area contributed by atoms with Crippen LogP contribution in [0.5, 0.6) is 0 Å². The molecule has 3 aromatic heterocycles. The molecule has 118 valence electrons. The Kier molecular flexibility index (Phi) is 4.20. The lowest BCUT2D eigenvalue weighted by Gasteiger charge is -2.07. The van der Waals surface area contributed by atoms with Crippen LogP contribution in [0.2, 0.25) is 0 Å². The first-order valence-electron chi connectivity index (χ1n) is 7.31. The van der Waals surface area contributed by atoms with Gasteiger partial charge in [-0.05, 0) is 32.4 Å². The highest BCUT2D eigenvalue weighted by molar-refractivity contribution is 7.09. The van der Waals surface area contributed by atoms with E-state index in [1.54, 1.807) is 17.9 Å². The molecule has 0 aliphatic rings. The van der Waals surface area contributed by atoms with Crippen LogP contribution in [0.4, 0.5) is 5.69 Å². The Morgan fingerprint density at radius 3 is 2.70 bits per heavy atom. The van der Waals surface area contributed by atoms with Gasteiger partial charge in [-0.2, -0.15) is 0 Å². The van der Waals surface area contributed by atoms with E-state index in [2.05, 4.69) is 20.3 Å². The smallest absolute Gasteiger partial charge is 0.275 e. The summed E-state index contributed by atoms with van der Waals surface area (Å²) < 4.78 is 1.91. The molecule has 0 radical (unpaired) electrons. The van der Waals surface area contributed by atoms with Gasteiger partial charge in [0.05, 0.1) is 22.6 Å². The van der Waals surface area contributed by atoms with Gasteiger partial charge in [0, 0.05) is 11.1 Å². The summed E-state index contributed by atoms with van der Waals surface area (Å²) >= 11 is 1.49. The SMILES string of the molecule is CCc1nc(C(=O)Nc2ccc(-n3cnc(C)c3C)nc2)cs1. The summed E-state index contributed by atoms with van der Waals surface area (Å²) in [5, 5.41) is 5.54. The summed E-state index contributed by atoms with van der Waals surface area (Å²) in [5.41, 5.74) is 3.10. The number of amides is 1. The highest BCUT2D eigenvalue weighted by Gasteiger charge is 2.11. The predicted molar refractivity (Wildman–Crippen MR) is 90.3 cm³/mol. The van der Waals surface area contributed by atoms with Gasteiger partial charge in [0.1, 0.15) is 17.8 Å². The van der Waals surface area contributed by atoms with Crippen molar-refractivity contribution in [2.24, 2.45) is 0 Å². The Morgan fingerprint density at radius 2 is 2.13 bits per heavy atom. The fourth-order valence-electron chi connectivity index (χ4n) is 2.10. The summed E-state index contributed by atoms with van der Waals surface area (Å²) in [6, 6.07) is 3.67. The number of aryl methyl sites for hydroxylation is 2. The lowest BCUT2D eigenvalue weighted by molar-refractivity contribution is 0.102. The normalized spacial score (nSPS) is 10.7. The van der Waals surface area contributed by atoms with Gasteiger partial charge in [-0.25, -0.2) is 15.0 Å². The standard InChI is InChI=1S/C16H17N5OS/c1-4-15-20-13(8-23-15)16(22)19-12-5-6-14(17-7-12)21-9-18-10(2)11(21)3/h5-9H,4H2,1-3H3,(H,19,22). The third-order valence-electron chi connectivity index (χ3n) is 3.59. The second-order valence-electron chi connectivity index (χ2n) is 5.12. The Bertz CT molecular complexity index is 835. The van der Waals surface area contributed by atoms with Crippen LogP contribution in [-0.2, 0) is 6.42 Å². The molecular formula is C16H17N5OS. The predicted octanol–water partition coefficient (Wildman–Crippen LogP) is 3.16. The minimum absolute atomic E-state index is 0.217. The van der Waals surface area contributed by atoms with Crippen LogP contribution in [-0.4, -0.2) is 25.4 Å². The van der Waals surface area contributed by atoms with E-state index in [0.29, 0.717) is 11.4 Å². The Hall–Kier alpha value is -2.54. The van der Waals surface area contributed by atoms with Crippen LogP contribution in [0.25, 0.3) is 5.82 Å². The molecule has 0 spiro atoms. The van der Waals surface area contributed by atoms with E-state index < -0.39 is 0 Å². The summed E-state index contributed by atoms with van der Waals surface area (Å²) in [5.74, 6) is 0.549. The second-order valence-corrected chi connectivity index (χ2v) is 6.07. The van der Waals surface area contributed by atoms with Crippen molar-refractivity contribution in [1.29, 1.82) is 0 Å². The highest BCUT2D eigenvalue weighted by Crippen LogP contribution is 2.16. The number of nitrogens with one attached hydrogen (secondary N) is 1. The number of anilines is 1. The minimum atomic E-state index is -0.217. The van der Waals surface area contributed by atoms with Crippen molar-refractivity contribution in [3.63, 3.8) is 0 Å². The topological polar surface area (TPSA) is 72.7 Å². The molecule has 0 atom stereocenters. The quantitative estimate of drug-likeness (QED) is 0.799. The van der Waals surface area contributed by atoms with Crippen LogP contribution in [0, 0.1) is 13.8 Å². The molecule has 1 N–H and O–H groups in total. The first-order valence-corrected chi connectivity index (χ1v) is 8.19. The maximum Gasteiger partial charge on any atom is 0.275 e. The minimum Gasteiger partial charge on any atom is -0.319 e. The van der Waals surface area contributed by atoms with Gasteiger partial charge in [0.2, 0.25) is 0 Å². The van der Waals surface area contributed by atoms with E-state index in [0.717, 1.165) is 28.6 Å². The summed E-state index contributed by atoms with van der Waals surface area (Å²) in [6.45, 7) is 5.97. The van der Waals surface area contributed by atoms with Gasteiger partial charge in [-0.3, -0.25) is 9.36 Å². The second kappa shape index (κ2) is 6.29. The van der Waals surface area contributed by atoms with E-state index >= 15 is 0 Å². The van der Waals surface area contributed by atoms with Crippen molar-refractivity contribution in [3.8, 4) is 5.82 Å². The number of hydrogen-bond acceptors (Lipinski definition) is 5. The molecule has 1 amide bonds. The number of nitrogens with zero attached hydrogens (tertiary/aromatic N) is 4. The number of thiazole rings is 1. The molecule has 0 aliphatic carbocycles. The van der Waals surface area contributed by atoms with Crippen LogP contribution in [0.15, 0.2) is 30.0 Å². The number of pyridine rings is 1. The molecular weight excluding hydrogens is 310 g/mol. The van der Waals surface area contributed by atoms with Crippen molar-refractivity contribution in [2.45, 2.75) is 27.2 Å². The van der Waals surface area contributed by atoms with E-state index in [-0.39, 0.29) is 5.91 Å². The molecule has 6 nitrogen and oxygen atoms in total. The third kappa shape index (κ3) is 3.14. The van der Waals surface area contributed by atoms with Crippen molar-refractivity contribution >= 4 is 22.9 Å². The number of rotatable bonds is 4. The molecule has 0 aliphatic heterocycles. The van der Waals surface area contributed by atoms with E-state index in [1.165, 1.54) is 11.3 Å². The Labute approximate surface area is 138 Å². The van der Waals surface area contributed by atoms with Crippen LogP contribution in [0.3, 0.4) is 0 Å². The maximum absolute atomic E-state index is 12.1. The van der Waals surface area contributed by atoms with Crippen LogP contribution >= 0.6 is 11.3 Å². The monoisotopic (exact) mass is 327 g/mol. The number of carbonyl (C=O) groups is 1. The highest BCUT2D eigenvalue weighted by atomic mass is 32.1. The lowest BCUT2D eigenvalue weighted by Crippen LogP contribution is -2.12. The molecule has 3 heterocycles. The van der Waals surface area contributed by atoms with E-state index in [9.17, 15) is 4.79 Å². The van der Waals surface area contributed by atoms with Gasteiger partial charge in [0.15, 0.2) is 0 Å². The lowest BCUT2D eigenvalue weighted by atomic mass is 10.3. The van der Waals surface area contributed by atoms with Crippen molar-refractivity contribution in [2.75, 3.05) is 5.32 Å². The molecule has 7 heteroatoms. The largest absolute Gasteiger partial charge is 0.319 e. The van der Waals surface area contributed by atoms with Gasteiger partial charge >= 0.3 is 0 Å². The number of imidazole rings is 1. The van der Waals surface area contributed by atoms with Gasteiger partial charge in [-0.15, -0.1) is 11.3 Å². The molecule has 0 fully saturated rings. The Balaban J connectivity index is 1.74. The molecule has 0 aromatic carbocycles. The van der Waals surface area contributed by atoms with Gasteiger partial charge in [0.25, 0.3) is 5.91 Å². The zero-order chi connectivity index (χ0) is 16.4. The molecule has 0 unspecified atom stereocenters. The molecule has 23 heavy (non-hydrogen) atoms. The van der Waals surface area contributed by atoms with Gasteiger partial charge < -0.3 is 5.32 Å². The van der Waals surface area contributed by atoms with Gasteiger partial charge in [-0.1, -0.05) is 6.92 Å². The summed E-state index contributed by atoms with van der Waals surface area (Å²) in [7, 11) is 0. The average molecular weight is 327 g/mol. The van der Waals surface area contributed by atoms with Crippen molar-refractivity contribution < 1.29 is 4.79 Å². The molecule has 0 bridgehead atoms. The first-order chi connectivity index (χ1) is 11.1. The summed E-state index contributed by atoms with van der Waals surface area (Å²) in [6.07, 6.45) is 4.21. The van der Waals surface area contributed by atoms with E-state index in [1.807, 2.05) is 37.5 Å². The van der Waals surface area contributed by atoms with Crippen LogP contribution < -0.4 is 5.32 Å². The Morgan fingerprint density at radius 1 is 1.30 bits per heavy atom. The first kappa shape index (κ1) is 15.4. The van der Waals surface area contributed by atoms with Crippen LogP contribution in [0.1, 0.15) is 33.8 Å². The summed E-state index contributed by atoms with van der Waals surface area (Å²) in [4.78, 5) is 25.1. The fourth-order valence-corrected chi connectivity index (χ4v) is 2.83. The maximum atomic E-state index is 12.1. The zero-order valence-corrected chi connectivity index (χ0v) is 14.0. The van der Waals surface area contributed by atoms with E-state index in [4.69, 9.17) is 0 Å². The zero-order valence-electron chi connectivity index (χ0n) is 13.2. The fraction of sp³-hybridized carbons (Fsp3) is 0.250. The van der Waals surface area contributed by atoms with Crippen molar-refractivity contribution in [3.05, 3.63) is 52.1 Å². The van der Waals surface area contributed by atoms with Crippen molar-refractivity contribution in [1.82, 2.24) is 19.5 Å². The average Bonchev–Trinajstić information content (AvgIpc) is 3.16. The molecule has 3 aromatic rings. The third-order valence-corrected chi connectivity index (χ3v) is 4.58. The molecule has 3 rings (SSSR count). The number of aromatic nitrogens is 4. The number of hydrogen-bond donors (Lipinski definition) is 1.